The van der Waals surface area contributed by atoms with Gasteiger partial charge in [0.15, 0.2) is 0 Å². The Kier molecular flexibility index (Phi) is 7.28. The fraction of sp³-hybridized carbons (Fsp3) is 0.478. The van der Waals surface area contributed by atoms with E-state index in [-0.39, 0.29) is 17.5 Å². The van der Waals surface area contributed by atoms with Gasteiger partial charge in [0.25, 0.3) is 0 Å². The van der Waals surface area contributed by atoms with Gasteiger partial charge >= 0.3 is 15.6 Å². The number of aromatic nitrogens is 3. The van der Waals surface area contributed by atoms with Gasteiger partial charge in [0.05, 0.1) is 34.9 Å². The Morgan fingerprint density at radius 3 is 2.38 bits per heavy atom. The van der Waals surface area contributed by atoms with Crippen molar-refractivity contribution >= 4 is 21.2 Å². The number of hydrogen-bond donors (Lipinski definition) is 0. The number of hydrogen-bond acceptors (Lipinski definition) is 6. The van der Waals surface area contributed by atoms with Crippen molar-refractivity contribution in [3.63, 3.8) is 0 Å². The lowest BCUT2D eigenvalue weighted by Crippen LogP contribution is -2.28. The number of fused-ring (bicyclic) bond motifs is 1. The molecule has 3 aromatic rings. The molecule has 0 bridgehead atoms. The van der Waals surface area contributed by atoms with Crippen LogP contribution in [0.1, 0.15) is 56.5 Å². The molecule has 186 valence electrons. The summed E-state index contributed by atoms with van der Waals surface area (Å²) in [7, 11) is -4.30. The molecule has 0 saturated heterocycles. The summed E-state index contributed by atoms with van der Waals surface area (Å²) in [6.07, 6.45) is 2.44. The molecule has 0 aliphatic carbocycles. The van der Waals surface area contributed by atoms with Crippen LogP contribution in [0.2, 0.25) is 0 Å². The van der Waals surface area contributed by atoms with Gasteiger partial charge in [0.2, 0.25) is 5.88 Å². The van der Waals surface area contributed by atoms with Crippen LogP contribution in [0.15, 0.2) is 24.4 Å². The minimum atomic E-state index is -5.92. The molecule has 0 spiro atoms. The molecule has 7 nitrogen and oxygen atoms in total. The van der Waals surface area contributed by atoms with Crippen molar-refractivity contribution in [2.24, 2.45) is 0 Å². The van der Waals surface area contributed by atoms with E-state index >= 15 is 0 Å². The number of halogens is 3. The smallest absolute Gasteiger partial charge is 0.383 e. The summed E-state index contributed by atoms with van der Waals surface area (Å²) in [5, 5.41) is 0. The first-order valence-corrected chi connectivity index (χ1v) is 12.2. The fourth-order valence-corrected chi connectivity index (χ4v) is 4.16. The lowest BCUT2D eigenvalue weighted by atomic mass is 10.0. The van der Waals surface area contributed by atoms with Crippen molar-refractivity contribution in [3.8, 4) is 17.1 Å². The number of ether oxygens (including phenoxy) is 1. The highest BCUT2D eigenvalue weighted by molar-refractivity contribution is 7.88. The van der Waals surface area contributed by atoms with Crippen LogP contribution in [0.3, 0.4) is 0 Å². The van der Waals surface area contributed by atoms with E-state index in [9.17, 15) is 21.6 Å². The molecular formula is C23H28F3N3O4S. The molecule has 0 unspecified atom stereocenters. The molecule has 3 heterocycles. The van der Waals surface area contributed by atoms with Gasteiger partial charge < -0.3 is 13.5 Å². The lowest BCUT2D eigenvalue weighted by molar-refractivity contribution is -0.0501. The number of aryl methyl sites for hydroxylation is 2. The number of nitrogens with zero attached hydrogens (tertiary/aromatic N) is 3. The first-order chi connectivity index (χ1) is 15.8. The first-order valence-electron chi connectivity index (χ1n) is 10.8. The molecule has 3 aromatic heterocycles. The van der Waals surface area contributed by atoms with Gasteiger partial charge in [-0.05, 0) is 55.5 Å². The van der Waals surface area contributed by atoms with Gasteiger partial charge in [-0.25, -0.2) is 9.97 Å². The predicted octanol–water partition coefficient (Wildman–Crippen LogP) is 5.53. The molecule has 3 rings (SSSR count). The zero-order valence-electron chi connectivity index (χ0n) is 19.9. The van der Waals surface area contributed by atoms with Crippen LogP contribution in [0.25, 0.3) is 22.3 Å². The summed E-state index contributed by atoms with van der Waals surface area (Å²) in [6, 6.07) is 5.09. The molecule has 34 heavy (non-hydrogen) atoms. The Morgan fingerprint density at radius 2 is 1.82 bits per heavy atom. The second-order valence-electron chi connectivity index (χ2n) is 8.47. The molecule has 0 N–H and O–H groups in total. The summed E-state index contributed by atoms with van der Waals surface area (Å²) in [4.78, 5) is 8.87. The van der Waals surface area contributed by atoms with E-state index in [1.807, 2.05) is 37.6 Å². The van der Waals surface area contributed by atoms with E-state index in [0.29, 0.717) is 35.5 Å². The van der Waals surface area contributed by atoms with Crippen molar-refractivity contribution < 1.29 is 30.5 Å². The fourth-order valence-electron chi connectivity index (χ4n) is 3.73. The molecule has 0 aromatic carbocycles. The largest absolute Gasteiger partial charge is 0.534 e. The van der Waals surface area contributed by atoms with Crippen LogP contribution >= 0.6 is 0 Å². The zero-order chi connectivity index (χ0) is 25.4. The number of rotatable bonds is 8. The molecule has 0 radical (unpaired) electrons. The third kappa shape index (κ3) is 4.90. The Hall–Kier alpha value is -2.66. The third-order valence-corrected chi connectivity index (χ3v) is 6.47. The summed E-state index contributed by atoms with van der Waals surface area (Å²) in [5.74, 6) is -0.806. The van der Waals surface area contributed by atoms with E-state index < -0.39 is 21.5 Å². The van der Waals surface area contributed by atoms with E-state index in [1.165, 1.54) is 6.07 Å². The van der Waals surface area contributed by atoms with Gasteiger partial charge in [0, 0.05) is 19.0 Å². The summed E-state index contributed by atoms with van der Waals surface area (Å²) >= 11 is 0. The van der Waals surface area contributed by atoms with Gasteiger partial charge in [0.1, 0.15) is 0 Å². The van der Waals surface area contributed by atoms with Crippen LogP contribution in [0, 0.1) is 6.92 Å². The molecular weight excluding hydrogens is 471 g/mol. The average Bonchev–Trinajstić information content (AvgIpc) is 3.07. The highest BCUT2D eigenvalue weighted by atomic mass is 32.2. The second-order valence-corrected chi connectivity index (χ2v) is 10.0. The van der Waals surface area contributed by atoms with Crippen molar-refractivity contribution in [1.82, 2.24) is 14.5 Å². The van der Waals surface area contributed by atoms with E-state index in [1.54, 1.807) is 27.0 Å². The highest BCUT2D eigenvalue weighted by Gasteiger charge is 2.49. The quantitative estimate of drug-likeness (QED) is 0.299. The van der Waals surface area contributed by atoms with Crippen LogP contribution < -0.4 is 4.18 Å². The summed E-state index contributed by atoms with van der Waals surface area (Å²) in [5.41, 5.74) is -1.73. The minimum absolute atomic E-state index is 0.0290. The molecule has 0 fully saturated rings. The molecule has 11 heteroatoms. The van der Waals surface area contributed by atoms with Crippen LogP contribution in [-0.4, -0.2) is 42.2 Å². The summed E-state index contributed by atoms with van der Waals surface area (Å²) < 4.78 is 74.8. The van der Waals surface area contributed by atoms with Crippen LogP contribution in [-0.2, 0) is 21.3 Å². The van der Waals surface area contributed by atoms with Crippen molar-refractivity contribution in [1.29, 1.82) is 0 Å². The van der Waals surface area contributed by atoms with E-state index in [2.05, 4.69) is 9.17 Å². The zero-order valence-corrected chi connectivity index (χ0v) is 20.7. The first kappa shape index (κ1) is 26.0. The average molecular weight is 500 g/mol. The highest BCUT2D eigenvalue weighted by Crippen LogP contribution is 2.37. The van der Waals surface area contributed by atoms with Gasteiger partial charge in [-0.3, -0.25) is 0 Å². The third-order valence-electron chi connectivity index (χ3n) is 5.53. The van der Waals surface area contributed by atoms with E-state index in [0.717, 1.165) is 11.1 Å². The Labute approximate surface area is 197 Å². The van der Waals surface area contributed by atoms with Crippen LogP contribution in [0.4, 0.5) is 13.2 Å². The number of methoxy groups -OCH3 is 1. The number of alkyl halides is 3. The number of pyridine rings is 2. The van der Waals surface area contributed by atoms with Crippen LogP contribution in [0.5, 0.6) is 5.88 Å². The maximum Gasteiger partial charge on any atom is 0.534 e. The SMILES string of the molecule is CCc1cc2c(nc1-c1ccc(C(C)C)nc1OS(=O)(=O)C(F)(F)F)c(C)cn2[C@H](C)COC. The molecule has 0 aliphatic rings. The Morgan fingerprint density at radius 1 is 1.15 bits per heavy atom. The second kappa shape index (κ2) is 9.53. The van der Waals surface area contributed by atoms with Crippen molar-refractivity contribution in [2.75, 3.05) is 13.7 Å². The molecule has 0 saturated carbocycles. The topological polar surface area (TPSA) is 83.3 Å². The van der Waals surface area contributed by atoms with Crippen molar-refractivity contribution in [2.45, 2.75) is 58.5 Å². The maximum atomic E-state index is 13.1. The molecule has 0 amide bonds. The van der Waals surface area contributed by atoms with Gasteiger partial charge in [-0.15, -0.1) is 0 Å². The maximum absolute atomic E-state index is 13.1. The summed E-state index contributed by atoms with van der Waals surface area (Å²) in [6.45, 7) is 9.84. The Balaban J connectivity index is 2.27. The van der Waals surface area contributed by atoms with Crippen molar-refractivity contribution in [3.05, 3.63) is 41.2 Å². The lowest BCUT2D eigenvalue weighted by Gasteiger charge is -2.17. The minimum Gasteiger partial charge on any atom is -0.383 e. The van der Waals surface area contributed by atoms with E-state index in [4.69, 9.17) is 9.72 Å². The predicted molar refractivity (Wildman–Crippen MR) is 123 cm³/mol. The normalized spacial score (nSPS) is 13.6. The van der Waals surface area contributed by atoms with Gasteiger partial charge in [-0.1, -0.05) is 20.8 Å². The Bertz CT molecular complexity index is 1300. The monoisotopic (exact) mass is 499 g/mol. The van der Waals surface area contributed by atoms with Gasteiger partial charge in [-0.2, -0.15) is 21.6 Å². The molecule has 0 aliphatic heterocycles. The molecule has 1 atom stereocenters. The standard InChI is InChI=1S/C23H28F3N3O4S/c1-7-16-10-19-20(14(4)11-29(19)15(5)12-32-6)28-21(16)17-8-9-18(13(2)3)27-22(17)33-34(30,31)23(24,25)26/h8-11,13,15H,7,12H2,1-6H3/t15-/m1/s1.